The van der Waals surface area contributed by atoms with Crippen LogP contribution in [-0.4, -0.2) is 33.6 Å². The minimum Gasteiger partial charge on any atom is -0.481 e. The Labute approximate surface area is 148 Å². The molecule has 26 heavy (non-hydrogen) atoms. The van der Waals surface area contributed by atoms with Crippen molar-refractivity contribution >= 4 is 0 Å². The molecule has 0 saturated heterocycles. The Balaban J connectivity index is 1.92. The zero-order chi connectivity index (χ0) is 18.5. The number of halogens is 2. The van der Waals surface area contributed by atoms with Crippen LogP contribution in [0.2, 0.25) is 0 Å². The summed E-state index contributed by atoms with van der Waals surface area (Å²) in [5, 5.41) is 13.3. The van der Waals surface area contributed by atoms with Crippen LogP contribution in [0, 0.1) is 0 Å². The van der Waals surface area contributed by atoms with E-state index < -0.39 is 6.61 Å². The van der Waals surface area contributed by atoms with Crippen molar-refractivity contribution in [2.45, 2.75) is 19.8 Å². The molecule has 0 bridgehead atoms. The first-order chi connectivity index (χ1) is 12.6. The number of methoxy groups -OCH3 is 1. The molecule has 8 heteroatoms. The molecule has 0 aliphatic carbocycles. The first kappa shape index (κ1) is 17.8. The van der Waals surface area contributed by atoms with E-state index in [1.54, 1.807) is 35.4 Å². The van der Waals surface area contributed by atoms with Gasteiger partial charge in [0, 0.05) is 23.5 Å². The van der Waals surface area contributed by atoms with Crippen LogP contribution in [0.15, 0.2) is 48.9 Å². The van der Waals surface area contributed by atoms with Crippen molar-refractivity contribution in [3.8, 4) is 22.8 Å². The second-order valence-corrected chi connectivity index (χ2v) is 5.51. The Morgan fingerprint density at radius 1 is 1.19 bits per heavy atom. The van der Waals surface area contributed by atoms with E-state index in [0.29, 0.717) is 29.1 Å². The van der Waals surface area contributed by atoms with Crippen molar-refractivity contribution in [1.29, 1.82) is 0 Å². The van der Waals surface area contributed by atoms with Crippen LogP contribution < -0.4 is 9.47 Å². The molecule has 0 saturated carbocycles. The van der Waals surface area contributed by atoms with Gasteiger partial charge >= 0.3 is 6.61 Å². The Kier molecular flexibility index (Phi) is 5.43. The average Bonchev–Trinajstić information content (AvgIpc) is 3.09. The molecule has 0 atom stereocenters. The molecule has 136 valence electrons. The van der Waals surface area contributed by atoms with Gasteiger partial charge < -0.3 is 14.6 Å². The number of pyridine rings is 1. The van der Waals surface area contributed by atoms with Gasteiger partial charge in [-0.15, -0.1) is 0 Å². The fourth-order valence-corrected chi connectivity index (χ4v) is 2.55. The van der Waals surface area contributed by atoms with Crippen LogP contribution in [0.5, 0.6) is 11.6 Å². The second kappa shape index (κ2) is 7.92. The Morgan fingerprint density at radius 3 is 2.73 bits per heavy atom. The van der Waals surface area contributed by atoms with Gasteiger partial charge in [0.1, 0.15) is 5.75 Å². The predicted octanol–water partition coefficient (Wildman–Crippen LogP) is 3.10. The molecule has 0 aliphatic rings. The van der Waals surface area contributed by atoms with Crippen molar-refractivity contribution < 1.29 is 23.4 Å². The number of alkyl halides is 2. The molecule has 0 spiro atoms. The number of rotatable bonds is 7. The number of nitrogens with zero attached hydrogens (tertiary/aromatic N) is 3. The lowest BCUT2D eigenvalue weighted by Gasteiger charge is -2.12. The van der Waals surface area contributed by atoms with Crippen molar-refractivity contribution in [1.82, 2.24) is 14.8 Å². The van der Waals surface area contributed by atoms with E-state index in [4.69, 9.17) is 9.84 Å². The summed E-state index contributed by atoms with van der Waals surface area (Å²) in [6.45, 7) is -2.53. The van der Waals surface area contributed by atoms with Crippen molar-refractivity contribution in [3.63, 3.8) is 0 Å². The molecule has 3 aromatic rings. The maximum atomic E-state index is 12.5. The molecule has 3 rings (SSSR count). The van der Waals surface area contributed by atoms with Gasteiger partial charge in [-0.05, 0) is 29.3 Å². The molecule has 1 N–H and O–H groups in total. The smallest absolute Gasteiger partial charge is 0.387 e. The number of hydrogen-bond donors (Lipinski definition) is 1. The largest absolute Gasteiger partial charge is 0.481 e. The predicted molar refractivity (Wildman–Crippen MR) is 90.1 cm³/mol. The maximum absolute atomic E-state index is 12.5. The lowest BCUT2D eigenvalue weighted by molar-refractivity contribution is -0.0498. The number of ether oxygens (including phenoxy) is 2. The number of benzene rings is 1. The molecule has 0 amide bonds. The number of aliphatic hydroxyl groups is 1. The van der Waals surface area contributed by atoms with E-state index in [2.05, 4.69) is 14.8 Å². The summed E-state index contributed by atoms with van der Waals surface area (Å²) in [6.07, 6.45) is 4.98. The van der Waals surface area contributed by atoms with Crippen LogP contribution in [0.25, 0.3) is 11.1 Å². The summed E-state index contributed by atoms with van der Waals surface area (Å²) < 4.78 is 36.3. The molecule has 0 aliphatic heterocycles. The monoisotopic (exact) mass is 361 g/mol. The third kappa shape index (κ3) is 4.15. The summed E-state index contributed by atoms with van der Waals surface area (Å²) in [7, 11) is 1.49. The van der Waals surface area contributed by atoms with Crippen molar-refractivity contribution in [3.05, 3.63) is 60.0 Å². The number of aliphatic hydroxyl groups excluding tert-OH is 1. The molecular formula is C18H17F2N3O3. The quantitative estimate of drug-likeness (QED) is 0.700. The molecule has 2 heterocycles. The van der Waals surface area contributed by atoms with Crippen LogP contribution in [0.3, 0.4) is 0 Å². The Bertz CT molecular complexity index is 884. The number of aromatic nitrogens is 3. The van der Waals surface area contributed by atoms with E-state index in [9.17, 15) is 8.78 Å². The van der Waals surface area contributed by atoms with E-state index in [1.165, 1.54) is 19.2 Å². The van der Waals surface area contributed by atoms with Crippen molar-refractivity contribution in [2.75, 3.05) is 7.11 Å². The van der Waals surface area contributed by atoms with Gasteiger partial charge in [0.25, 0.3) is 0 Å². The molecule has 6 nitrogen and oxygen atoms in total. The summed E-state index contributed by atoms with van der Waals surface area (Å²) in [6, 6.07) is 8.21. The Morgan fingerprint density at radius 2 is 2.04 bits per heavy atom. The highest BCUT2D eigenvalue weighted by Gasteiger charge is 2.12. The van der Waals surface area contributed by atoms with Gasteiger partial charge in [-0.3, -0.25) is 4.68 Å². The molecule has 1 aromatic carbocycles. The fourth-order valence-electron chi connectivity index (χ4n) is 2.55. The van der Waals surface area contributed by atoms with Crippen LogP contribution >= 0.6 is 0 Å². The van der Waals surface area contributed by atoms with E-state index >= 15 is 0 Å². The lowest BCUT2D eigenvalue weighted by atomic mass is 10.0. The molecule has 0 unspecified atom stereocenters. The van der Waals surface area contributed by atoms with Crippen molar-refractivity contribution in [2.24, 2.45) is 0 Å². The maximum Gasteiger partial charge on any atom is 0.387 e. The highest BCUT2D eigenvalue weighted by Crippen LogP contribution is 2.31. The minimum atomic E-state index is -2.89. The van der Waals surface area contributed by atoms with Crippen LogP contribution in [0.1, 0.15) is 11.1 Å². The van der Waals surface area contributed by atoms with Gasteiger partial charge in [0.15, 0.2) is 0 Å². The standard InChI is InChI=1S/C18H17F2N3O3/c1-25-17-16(14-3-2-4-15(6-14)26-18(19)20)5-12(7-21-17)9-23-10-13(11-24)8-22-23/h2-8,10,18,24H,9,11H2,1H3. The first-order valence-corrected chi connectivity index (χ1v) is 7.79. The number of hydrogen-bond acceptors (Lipinski definition) is 5. The fraction of sp³-hybridized carbons (Fsp3) is 0.222. The van der Waals surface area contributed by atoms with Gasteiger partial charge in [0.2, 0.25) is 5.88 Å². The highest BCUT2D eigenvalue weighted by atomic mass is 19.3. The topological polar surface area (TPSA) is 69.4 Å². The van der Waals surface area contributed by atoms with Crippen LogP contribution in [0.4, 0.5) is 8.78 Å². The average molecular weight is 361 g/mol. The summed E-state index contributed by atoms with van der Waals surface area (Å²) >= 11 is 0. The van der Waals surface area contributed by atoms with E-state index in [0.717, 1.165) is 5.56 Å². The van der Waals surface area contributed by atoms with Crippen LogP contribution in [-0.2, 0) is 13.2 Å². The summed E-state index contributed by atoms with van der Waals surface area (Å²) in [5.74, 6) is 0.434. The van der Waals surface area contributed by atoms with E-state index in [-0.39, 0.29) is 12.4 Å². The van der Waals surface area contributed by atoms with E-state index in [1.807, 2.05) is 6.07 Å². The molecule has 0 fully saturated rings. The SMILES string of the molecule is COc1ncc(Cn2cc(CO)cn2)cc1-c1cccc(OC(F)F)c1. The zero-order valence-electron chi connectivity index (χ0n) is 14.0. The minimum absolute atomic E-state index is 0.0598. The van der Waals surface area contributed by atoms with Gasteiger partial charge in [-0.25, -0.2) is 4.98 Å². The molecular weight excluding hydrogens is 344 g/mol. The first-order valence-electron chi connectivity index (χ1n) is 7.79. The van der Waals surface area contributed by atoms with Gasteiger partial charge in [0.05, 0.1) is 26.5 Å². The summed E-state index contributed by atoms with van der Waals surface area (Å²) in [5.41, 5.74) is 2.85. The normalized spacial score (nSPS) is 11.0. The van der Waals surface area contributed by atoms with Gasteiger partial charge in [-0.1, -0.05) is 12.1 Å². The second-order valence-electron chi connectivity index (χ2n) is 5.51. The zero-order valence-corrected chi connectivity index (χ0v) is 14.0. The highest BCUT2D eigenvalue weighted by molar-refractivity contribution is 5.70. The lowest BCUT2D eigenvalue weighted by Crippen LogP contribution is -2.03. The van der Waals surface area contributed by atoms with Gasteiger partial charge in [-0.2, -0.15) is 13.9 Å². The Hall–Kier alpha value is -3.00. The third-order valence-electron chi connectivity index (χ3n) is 3.69. The summed E-state index contributed by atoms with van der Waals surface area (Å²) in [4.78, 5) is 4.29. The molecule has 0 radical (unpaired) electrons. The molecule has 2 aromatic heterocycles. The third-order valence-corrected chi connectivity index (χ3v) is 3.69.